The van der Waals surface area contributed by atoms with Crippen LogP contribution in [0, 0.1) is 0 Å². The summed E-state index contributed by atoms with van der Waals surface area (Å²) in [7, 11) is 4.87. The quantitative estimate of drug-likeness (QED) is 0.579. The molecule has 5 rings (SSSR count). The van der Waals surface area contributed by atoms with Crippen LogP contribution in [0.2, 0.25) is 0 Å². The van der Waals surface area contributed by atoms with Crippen LogP contribution in [0.4, 0.5) is 5.69 Å². The minimum Gasteiger partial charge on any atom is -0.497 e. The number of aryl methyl sites for hydroxylation is 1. The van der Waals surface area contributed by atoms with E-state index in [1.54, 1.807) is 33.1 Å². The van der Waals surface area contributed by atoms with Gasteiger partial charge in [-0.1, -0.05) is 30.3 Å². The molecule has 37 heavy (non-hydrogen) atoms. The Morgan fingerprint density at radius 2 is 1.81 bits per heavy atom. The second-order valence-corrected chi connectivity index (χ2v) is 9.31. The van der Waals surface area contributed by atoms with Gasteiger partial charge in [0.1, 0.15) is 11.5 Å². The number of amides is 2. The second kappa shape index (κ2) is 9.28. The Morgan fingerprint density at radius 3 is 2.49 bits per heavy atom. The summed E-state index contributed by atoms with van der Waals surface area (Å²) in [5.41, 5.74) is 9.84. The molecule has 8 heteroatoms. The molecule has 1 unspecified atom stereocenters. The van der Waals surface area contributed by atoms with Gasteiger partial charge in [0.25, 0.3) is 5.91 Å². The Morgan fingerprint density at radius 1 is 1.03 bits per heavy atom. The van der Waals surface area contributed by atoms with E-state index in [2.05, 4.69) is 0 Å². The van der Waals surface area contributed by atoms with Crippen molar-refractivity contribution in [2.24, 2.45) is 10.7 Å². The Balaban J connectivity index is 1.70. The fourth-order valence-corrected chi connectivity index (χ4v) is 5.28. The molecule has 2 amide bonds. The number of rotatable bonds is 5. The zero-order chi connectivity index (χ0) is 26.3. The highest BCUT2D eigenvalue weighted by molar-refractivity contribution is 6.09. The number of nitrogens with zero attached hydrogens (tertiary/aromatic N) is 3. The van der Waals surface area contributed by atoms with E-state index >= 15 is 0 Å². The summed E-state index contributed by atoms with van der Waals surface area (Å²) in [6, 6.07) is 19.1. The number of anilines is 1. The zero-order valence-electron chi connectivity index (χ0n) is 21.4. The molecule has 190 valence electrons. The number of hydrogen-bond acceptors (Lipinski definition) is 6. The molecule has 3 aromatic rings. The molecule has 0 saturated carbocycles. The number of hydrogen-bond donors (Lipinski definition) is 1. The molecule has 2 heterocycles. The Labute approximate surface area is 216 Å². The number of ether oxygens (including phenoxy) is 2. The summed E-state index contributed by atoms with van der Waals surface area (Å²) >= 11 is 0. The van der Waals surface area contributed by atoms with E-state index in [9.17, 15) is 9.59 Å². The van der Waals surface area contributed by atoms with Crippen molar-refractivity contribution in [2.75, 3.05) is 32.7 Å². The van der Waals surface area contributed by atoms with Gasteiger partial charge in [0.05, 0.1) is 14.2 Å². The number of aliphatic imine (C=N–C) groups is 1. The van der Waals surface area contributed by atoms with Gasteiger partial charge in [-0.15, -0.1) is 0 Å². The highest BCUT2D eigenvalue weighted by atomic mass is 16.5. The van der Waals surface area contributed by atoms with E-state index in [1.807, 2.05) is 60.7 Å². The average Bonchev–Trinajstić information content (AvgIpc) is 3.16. The molecule has 0 saturated heterocycles. The number of guanidine groups is 1. The van der Waals surface area contributed by atoms with Gasteiger partial charge in [0.15, 0.2) is 11.5 Å². The Hall–Kier alpha value is -4.33. The third-order valence-electron chi connectivity index (χ3n) is 7.23. The second-order valence-electron chi connectivity index (χ2n) is 9.31. The van der Waals surface area contributed by atoms with Crippen molar-refractivity contribution < 1.29 is 19.1 Å². The van der Waals surface area contributed by atoms with Crippen molar-refractivity contribution in [3.63, 3.8) is 0 Å². The summed E-state index contributed by atoms with van der Waals surface area (Å²) < 4.78 is 11.0. The number of nitrogens with two attached hydrogens (primary N) is 1. The minimum atomic E-state index is -1.35. The molecule has 0 aromatic heterocycles. The molecular weight excluding hydrogens is 468 g/mol. The molecule has 2 aliphatic heterocycles. The SMILES string of the molecule is COc1ccc(OC)c(-c2cccc(C3(c4ccc5c(c4)CCCN5C(C)=O)N=C(N)N(C)C3=O)c2)c1. The lowest BCUT2D eigenvalue weighted by Gasteiger charge is -2.32. The van der Waals surface area contributed by atoms with Crippen LogP contribution in [-0.4, -0.2) is 50.5 Å². The fourth-order valence-electron chi connectivity index (χ4n) is 5.28. The minimum absolute atomic E-state index is 0.00212. The van der Waals surface area contributed by atoms with Crippen molar-refractivity contribution in [2.45, 2.75) is 25.3 Å². The van der Waals surface area contributed by atoms with Gasteiger partial charge in [-0.25, -0.2) is 4.99 Å². The van der Waals surface area contributed by atoms with Crippen LogP contribution in [-0.2, 0) is 21.5 Å². The number of carbonyl (C=O) groups excluding carboxylic acids is 2. The van der Waals surface area contributed by atoms with Gasteiger partial charge in [-0.3, -0.25) is 14.5 Å². The third kappa shape index (κ3) is 3.89. The Kier molecular flexibility index (Phi) is 6.11. The van der Waals surface area contributed by atoms with E-state index in [0.29, 0.717) is 29.2 Å². The van der Waals surface area contributed by atoms with Gasteiger partial charge in [0.2, 0.25) is 5.91 Å². The molecule has 0 radical (unpaired) electrons. The molecule has 1 atom stereocenters. The van der Waals surface area contributed by atoms with Gasteiger partial charge < -0.3 is 20.1 Å². The summed E-state index contributed by atoms with van der Waals surface area (Å²) in [4.78, 5) is 34.0. The maximum Gasteiger partial charge on any atom is 0.266 e. The van der Waals surface area contributed by atoms with E-state index in [4.69, 9.17) is 20.2 Å². The van der Waals surface area contributed by atoms with Crippen molar-refractivity contribution in [3.05, 3.63) is 77.4 Å². The topological polar surface area (TPSA) is 97.5 Å². The highest BCUT2D eigenvalue weighted by Crippen LogP contribution is 2.43. The lowest BCUT2D eigenvalue weighted by atomic mass is 9.80. The zero-order valence-corrected chi connectivity index (χ0v) is 21.4. The van der Waals surface area contributed by atoms with Crippen LogP contribution < -0.4 is 20.1 Å². The molecule has 2 N–H and O–H groups in total. The van der Waals surface area contributed by atoms with E-state index in [0.717, 1.165) is 35.2 Å². The van der Waals surface area contributed by atoms with E-state index in [1.165, 1.54) is 4.90 Å². The maximum absolute atomic E-state index is 13.9. The van der Waals surface area contributed by atoms with Crippen LogP contribution >= 0.6 is 0 Å². The van der Waals surface area contributed by atoms with Crippen molar-refractivity contribution in [1.29, 1.82) is 0 Å². The van der Waals surface area contributed by atoms with E-state index < -0.39 is 5.54 Å². The van der Waals surface area contributed by atoms with Crippen LogP contribution in [0.15, 0.2) is 65.7 Å². The highest BCUT2D eigenvalue weighted by Gasteiger charge is 2.50. The molecule has 0 bridgehead atoms. The van der Waals surface area contributed by atoms with Gasteiger partial charge in [-0.05, 0) is 65.4 Å². The largest absolute Gasteiger partial charge is 0.497 e. The molecule has 0 aliphatic carbocycles. The first-order valence-electron chi connectivity index (χ1n) is 12.2. The lowest BCUT2D eigenvalue weighted by molar-refractivity contribution is -0.129. The lowest BCUT2D eigenvalue weighted by Crippen LogP contribution is -2.41. The van der Waals surface area contributed by atoms with Crippen molar-refractivity contribution in [1.82, 2.24) is 4.90 Å². The predicted octanol–water partition coefficient (Wildman–Crippen LogP) is 3.70. The average molecular weight is 499 g/mol. The summed E-state index contributed by atoms with van der Waals surface area (Å²) in [5, 5.41) is 0. The molecule has 2 aliphatic rings. The van der Waals surface area contributed by atoms with E-state index in [-0.39, 0.29) is 17.8 Å². The van der Waals surface area contributed by atoms with Gasteiger partial charge >= 0.3 is 0 Å². The first-order chi connectivity index (χ1) is 17.8. The smallest absolute Gasteiger partial charge is 0.266 e. The summed E-state index contributed by atoms with van der Waals surface area (Å²) in [6.07, 6.45) is 1.67. The Bertz CT molecular complexity index is 1430. The molecule has 3 aromatic carbocycles. The number of likely N-dealkylation sites (N-methyl/N-ethyl adjacent to an activating group) is 1. The summed E-state index contributed by atoms with van der Waals surface area (Å²) in [5.74, 6) is 1.29. The maximum atomic E-state index is 13.9. The number of benzene rings is 3. The van der Waals surface area contributed by atoms with Crippen LogP contribution in [0.25, 0.3) is 11.1 Å². The fraction of sp³-hybridized carbons (Fsp3) is 0.276. The van der Waals surface area contributed by atoms with Crippen LogP contribution in [0.5, 0.6) is 11.5 Å². The summed E-state index contributed by atoms with van der Waals surface area (Å²) in [6.45, 7) is 2.26. The number of carbonyl (C=O) groups is 2. The number of fused-ring (bicyclic) bond motifs is 1. The monoisotopic (exact) mass is 498 g/mol. The van der Waals surface area contributed by atoms with Crippen LogP contribution in [0.3, 0.4) is 0 Å². The number of methoxy groups -OCH3 is 2. The standard InChI is InChI=1S/C29H30N4O4/c1-18(34)33-14-6-8-20-16-22(10-12-25(20)33)29(27(35)32(2)28(30)31-29)21-9-5-7-19(15-21)24-17-23(36-3)11-13-26(24)37-4/h5,7,9-13,15-17H,6,8,14H2,1-4H3,(H2,30,31). The van der Waals surface area contributed by atoms with Crippen molar-refractivity contribution >= 4 is 23.5 Å². The first-order valence-corrected chi connectivity index (χ1v) is 12.2. The first kappa shape index (κ1) is 24.4. The predicted molar refractivity (Wildman–Crippen MR) is 143 cm³/mol. The van der Waals surface area contributed by atoms with Crippen molar-refractivity contribution in [3.8, 4) is 22.6 Å². The third-order valence-corrected chi connectivity index (χ3v) is 7.23. The normalized spacial score (nSPS) is 18.9. The molecule has 8 nitrogen and oxygen atoms in total. The van der Waals surface area contributed by atoms with Gasteiger partial charge in [0, 0.05) is 31.8 Å². The molecule has 0 fully saturated rings. The molecule has 0 spiro atoms. The molecular formula is C29H30N4O4. The van der Waals surface area contributed by atoms with Gasteiger partial charge in [-0.2, -0.15) is 0 Å². The van der Waals surface area contributed by atoms with Crippen LogP contribution in [0.1, 0.15) is 30.0 Å².